The summed E-state index contributed by atoms with van der Waals surface area (Å²) in [6, 6.07) is 7.24. The maximum Gasteiger partial charge on any atom is 0.277 e. The summed E-state index contributed by atoms with van der Waals surface area (Å²) in [7, 11) is 0. The first-order chi connectivity index (χ1) is 12.0. The fourth-order valence-electron chi connectivity index (χ4n) is 3.21. The van der Waals surface area contributed by atoms with Crippen molar-refractivity contribution < 1.29 is 14.5 Å². The second-order valence-electron chi connectivity index (χ2n) is 6.13. The van der Waals surface area contributed by atoms with E-state index in [0.29, 0.717) is 16.8 Å². The highest BCUT2D eigenvalue weighted by molar-refractivity contribution is 5.98. The van der Waals surface area contributed by atoms with Crippen molar-refractivity contribution in [1.29, 1.82) is 0 Å². The summed E-state index contributed by atoms with van der Waals surface area (Å²) in [6.45, 7) is 0. The van der Waals surface area contributed by atoms with Crippen molar-refractivity contribution in [2.24, 2.45) is 11.7 Å². The van der Waals surface area contributed by atoms with Gasteiger partial charge in [0.1, 0.15) is 5.69 Å². The van der Waals surface area contributed by atoms with Gasteiger partial charge in [-0.1, -0.05) is 12.8 Å². The second-order valence-corrected chi connectivity index (χ2v) is 6.13. The standard InChI is InChI=1S/C18H17N3O4/c19-18(23)13-5-6-14(16(10-13)21(24)25)12-7-8-20-15(9-12)17(22)11-3-1-2-4-11/h5-11H,1-4H2,(H2,19,23). The molecule has 0 radical (unpaired) electrons. The third-order valence-electron chi connectivity index (χ3n) is 4.53. The average molecular weight is 339 g/mol. The fraction of sp³-hybridized carbons (Fsp3) is 0.278. The van der Waals surface area contributed by atoms with Crippen molar-refractivity contribution in [3.8, 4) is 11.1 Å². The minimum Gasteiger partial charge on any atom is -0.366 e. The van der Waals surface area contributed by atoms with Crippen molar-refractivity contribution in [2.75, 3.05) is 0 Å². The Morgan fingerprint density at radius 2 is 1.88 bits per heavy atom. The molecule has 3 rings (SSSR count). The number of aromatic nitrogens is 1. The number of primary amides is 1. The highest BCUT2D eigenvalue weighted by Gasteiger charge is 2.25. The SMILES string of the molecule is NC(=O)c1ccc(-c2ccnc(C(=O)C3CCCC3)c2)c([N+](=O)[O-])c1. The molecule has 128 valence electrons. The van der Waals surface area contributed by atoms with Crippen LogP contribution in [0.2, 0.25) is 0 Å². The Kier molecular flexibility index (Phi) is 4.56. The summed E-state index contributed by atoms with van der Waals surface area (Å²) in [5, 5.41) is 11.4. The Morgan fingerprint density at radius 1 is 1.16 bits per heavy atom. The molecule has 1 aromatic carbocycles. The number of hydrogen-bond acceptors (Lipinski definition) is 5. The second kappa shape index (κ2) is 6.80. The number of nitro benzene ring substituents is 1. The number of hydrogen-bond donors (Lipinski definition) is 1. The highest BCUT2D eigenvalue weighted by atomic mass is 16.6. The van der Waals surface area contributed by atoms with E-state index in [4.69, 9.17) is 5.73 Å². The van der Waals surface area contributed by atoms with Gasteiger partial charge < -0.3 is 5.73 Å². The molecule has 0 unspecified atom stereocenters. The van der Waals surface area contributed by atoms with Crippen molar-refractivity contribution in [3.63, 3.8) is 0 Å². The number of nitrogens with two attached hydrogens (primary N) is 1. The number of benzene rings is 1. The smallest absolute Gasteiger partial charge is 0.277 e. The van der Waals surface area contributed by atoms with Crippen LogP contribution in [0, 0.1) is 16.0 Å². The van der Waals surface area contributed by atoms with Gasteiger partial charge >= 0.3 is 0 Å². The maximum absolute atomic E-state index is 12.5. The Labute approximate surface area is 144 Å². The van der Waals surface area contributed by atoms with Crippen LogP contribution < -0.4 is 5.73 Å². The van der Waals surface area contributed by atoms with Crippen LogP contribution >= 0.6 is 0 Å². The minimum absolute atomic E-state index is 0.0178. The first-order valence-corrected chi connectivity index (χ1v) is 8.06. The minimum atomic E-state index is -0.735. The Balaban J connectivity index is 2.02. The van der Waals surface area contributed by atoms with Crippen molar-refractivity contribution in [1.82, 2.24) is 4.98 Å². The van der Waals surface area contributed by atoms with Gasteiger partial charge in [0.15, 0.2) is 5.78 Å². The number of pyridine rings is 1. The predicted octanol–water partition coefficient (Wildman–Crippen LogP) is 3.13. The molecule has 2 aromatic rings. The third-order valence-corrected chi connectivity index (χ3v) is 4.53. The van der Waals surface area contributed by atoms with E-state index >= 15 is 0 Å². The molecule has 0 saturated heterocycles. The van der Waals surface area contributed by atoms with Gasteiger partial charge in [0.2, 0.25) is 5.91 Å². The van der Waals surface area contributed by atoms with E-state index in [1.54, 1.807) is 12.1 Å². The monoisotopic (exact) mass is 339 g/mol. The van der Waals surface area contributed by atoms with E-state index in [0.717, 1.165) is 31.7 Å². The molecule has 7 heteroatoms. The molecule has 2 N–H and O–H groups in total. The molecule has 1 heterocycles. The Hall–Kier alpha value is -3.09. The van der Waals surface area contributed by atoms with E-state index < -0.39 is 10.8 Å². The van der Waals surface area contributed by atoms with Gasteiger partial charge in [-0.15, -0.1) is 0 Å². The number of nitrogens with zero attached hydrogens (tertiary/aromatic N) is 2. The van der Waals surface area contributed by atoms with Crippen LogP contribution in [-0.4, -0.2) is 21.6 Å². The number of rotatable bonds is 5. The molecule has 25 heavy (non-hydrogen) atoms. The number of carbonyl (C=O) groups excluding carboxylic acids is 2. The first kappa shape index (κ1) is 16.8. The number of amides is 1. The van der Waals surface area contributed by atoms with E-state index in [1.807, 2.05) is 0 Å². The van der Waals surface area contributed by atoms with Gasteiger partial charge in [-0.05, 0) is 42.7 Å². The van der Waals surface area contributed by atoms with Gasteiger partial charge in [0.05, 0.1) is 10.5 Å². The molecule has 1 amide bonds. The maximum atomic E-state index is 12.5. The van der Waals surface area contributed by atoms with E-state index in [-0.39, 0.29) is 23.0 Å². The van der Waals surface area contributed by atoms with E-state index in [1.165, 1.54) is 18.3 Å². The molecule has 1 aliphatic rings. The van der Waals surface area contributed by atoms with Gasteiger partial charge in [-0.25, -0.2) is 0 Å². The molecule has 1 aromatic heterocycles. The van der Waals surface area contributed by atoms with Gasteiger partial charge in [0.25, 0.3) is 5.69 Å². The lowest BCUT2D eigenvalue weighted by Gasteiger charge is -2.09. The molecule has 1 aliphatic carbocycles. The molecule has 1 saturated carbocycles. The van der Waals surface area contributed by atoms with Gasteiger partial charge in [0, 0.05) is 23.7 Å². The van der Waals surface area contributed by atoms with Crippen molar-refractivity contribution >= 4 is 17.4 Å². The molecule has 0 spiro atoms. The average Bonchev–Trinajstić information content (AvgIpc) is 3.15. The topological polar surface area (TPSA) is 116 Å². The lowest BCUT2D eigenvalue weighted by Crippen LogP contribution is -2.13. The van der Waals surface area contributed by atoms with Crippen LogP contribution in [0.3, 0.4) is 0 Å². The predicted molar refractivity (Wildman–Crippen MR) is 91.1 cm³/mol. The largest absolute Gasteiger partial charge is 0.366 e. The summed E-state index contributed by atoms with van der Waals surface area (Å²) in [5.74, 6) is -0.771. The quantitative estimate of drug-likeness (QED) is 0.510. The lowest BCUT2D eigenvalue weighted by molar-refractivity contribution is -0.384. The Morgan fingerprint density at radius 3 is 2.52 bits per heavy atom. The van der Waals surface area contributed by atoms with Crippen LogP contribution in [-0.2, 0) is 0 Å². The normalized spacial score (nSPS) is 14.4. The molecule has 0 atom stereocenters. The Bertz CT molecular complexity index is 857. The molecule has 0 bridgehead atoms. The molecule has 1 fully saturated rings. The molecular weight excluding hydrogens is 322 g/mol. The summed E-state index contributed by atoms with van der Waals surface area (Å²) >= 11 is 0. The lowest BCUT2D eigenvalue weighted by atomic mass is 9.96. The summed E-state index contributed by atoms with van der Waals surface area (Å²) < 4.78 is 0. The zero-order chi connectivity index (χ0) is 18.0. The van der Waals surface area contributed by atoms with Crippen LogP contribution in [0.5, 0.6) is 0 Å². The zero-order valence-electron chi connectivity index (χ0n) is 13.5. The highest BCUT2D eigenvalue weighted by Crippen LogP contribution is 2.32. The van der Waals surface area contributed by atoms with Gasteiger partial charge in [-0.2, -0.15) is 0 Å². The van der Waals surface area contributed by atoms with Crippen LogP contribution in [0.25, 0.3) is 11.1 Å². The van der Waals surface area contributed by atoms with Gasteiger partial charge in [-0.3, -0.25) is 24.7 Å². The number of Topliss-reactive ketones (excluding diaryl/α,β-unsaturated/α-hetero) is 1. The molecule has 7 nitrogen and oxygen atoms in total. The summed E-state index contributed by atoms with van der Waals surface area (Å²) in [5.41, 5.74) is 6.16. The third kappa shape index (κ3) is 3.40. The zero-order valence-corrected chi connectivity index (χ0v) is 13.5. The van der Waals surface area contributed by atoms with E-state index in [9.17, 15) is 19.7 Å². The first-order valence-electron chi connectivity index (χ1n) is 8.06. The van der Waals surface area contributed by atoms with Crippen molar-refractivity contribution in [3.05, 3.63) is 57.9 Å². The van der Waals surface area contributed by atoms with Crippen molar-refractivity contribution in [2.45, 2.75) is 25.7 Å². The summed E-state index contributed by atoms with van der Waals surface area (Å²) in [4.78, 5) is 38.7. The molecule has 0 aliphatic heterocycles. The fourth-order valence-corrected chi connectivity index (χ4v) is 3.21. The number of carbonyl (C=O) groups is 2. The van der Waals surface area contributed by atoms with Crippen LogP contribution in [0.4, 0.5) is 5.69 Å². The number of nitro groups is 1. The van der Waals surface area contributed by atoms with Crippen LogP contribution in [0.1, 0.15) is 46.5 Å². The van der Waals surface area contributed by atoms with E-state index in [2.05, 4.69) is 4.98 Å². The number of ketones is 1. The van der Waals surface area contributed by atoms with Crippen LogP contribution in [0.15, 0.2) is 36.5 Å². The summed E-state index contributed by atoms with van der Waals surface area (Å²) in [6.07, 6.45) is 5.27. The molecular formula is C18H17N3O4.